The zero-order valence-electron chi connectivity index (χ0n) is 25.1. The SMILES string of the molecule is COC[C@@H]1CN(CCN2CCN(C(=O)c3cc(-c4ccncc4)cc(C(F)(F)F)c3)[C@H](Cc3ccc(C)c(O)c3)C2)CCO1. The van der Waals surface area contributed by atoms with Crippen molar-refractivity contribution in [3.63, 3.8) is 0 Å². The van der Waals surface area contributed by atoms with Crippen LogP contribution in [0.5, 0.6) is 5.75 Å². The monoisotopic (exact) mass is 612 g/mol. The second-order valence-electron chi connectivity index (χ2n) is 11.6. The molecule has 3 heterocycles. The van der Waals surface area contributed by atoms with Gasteiger partial charge in [-0.15, -0.1) is 0 Å². The Hall–Kier alpha value is -3.51. The van der Waals surface area contributed by atoms with Gasteiger partial charge < -0.3 is 19.5 Å². The summed E-state index contributed by atoms with van der Waals surface area (Å²) in [6, 6.07) is 12.0. The van der Waals surface area contributed by atoms with Crippen molar-refractivity contribution in [2.75, 3.05) is 66.1 Å². The number of pyridine rings is 1. The molecule has 1 aromatic heterocycles. The number of phenolic OH excluding ortho intramolecular Hbond substituents is 1. The number of piperazine rings is 1. The van der Waals surface area contributed by atoms with Crippen LogP contribution >= 0.6 is 0 Å². The average molecular weight is 613 g/mol. The van der Waals surface area contributed by atoms with E-state index in [4.69, 9.17) is 9.47 Å². The zero-order chi connectivity index (χ0) is 31.3. The second-order valence-corrected chi connectivity index (χ2v) is 11.6. The number of alkyl halides is 3. The summed E-state index contributed by atoms with van der Waals surface area (Å²) >= 11 is 0. The molecule has 2 aromatic carbocycles. The van der Waals surface area contributed by atoms with E-state index in [9.17, 15) is 23.1 Å². The topological polar surface area (TPSA) is 78.4 Å². The molecular weight excluding hydrogens is 573 g/mol. The normalized spacial score (nSPS) is 20.2. The predicted octanol–water partition coefficient (Wildman–Crippen LogP) is 4.50. The summed E-state index contributed by atoms with van der Waals surface area (Å²) in [6.07, 6.45) is -1.10. The number of aromatic nitrogens is 1. The molecule has 44 heavy (non-hydrogen) atoms. The van der Waals surface area contributed by atoms with Gasteiger partial charge in [0, 0.05) is 76.9 Å². The van der Waals surface area contributed by atoms with Gasteiger partial charge in [0.15, 0.2) is 0 Å². The lowest BCUT2D eigenvalue weighted by molar-refractivity contribution is -0.137. The maximum Gasteiger partial charge on any atom is 0.416 e. The van der Waals surface area contributed by atoms with Gasteiger partial charge in [-0.2, -0.15) is 13.2 Å². The van der Waals surface area contributed by atoms with Crippen LogP contribution in [0.2, 0.25) is 0 Å². The van der Waals surface area contributed by atoms with Gasteiger partial charge in [0.25, 0.3) is 5.91 Å². The fraction of sp³-hybridized carbons (Fsp3) is 0.455. The van der Waals surface area contributed by atoms with E-state index in [1.165, 1.54) is 18.5 Å². The van der Waals surface area contributed by atoms with Crippen LogP contribution in [0.4, 0.5) is 13.2 Å². The Kier molecular flexibility index (Phi) is 10.2. The number of amides is 1. The number of hydrogen-bond acceptors (Lipinski definition) is 7. The van der Waals surface area contributed by atoms with Crippen LogP contribution < -0.4 is 0 Å². The molecule has 2 saturated heterocycles. The first kappa shape index (κ1) is 31.9. The molecule has 2 aliphatic rings. The fourth-order valence-corrected chi connectivity index (χ4v) is 5.96. The molecule has 1 N–H and O–H groups in total. The van der Waals surface area contributed by atoms with Crippen molar-refractivity contribution in [2.45, 2.75) is 31.7 Å². The molecule has 3 aromatic rings. The number of benzene rings is 2. The average Bonchev–Trinajstić information content (AvgIpc) is 3.02. The van der Waals surface area contributed by atoms with Crippen molar-refractivity contribution in [2.24, 2.45) is 0 Å². The Morgan fingerprint density at radius 2 is 1.75 bits per heavy atom. The minimum Gasteiger partial charge on any atom is -0.508 e. The molecule has 0 spiro atoms. The summed E-state index contributed by atoms with van der Waals surface area (Å²) in [5.41, 5.74) is 1.58. The lowest BCUT2D eigenvalue weighted by Crippen LogP contribution is -2.57. The highest BCUT2D eigenvalue weighted by atomic mass is 19.4. The van der Waals surface area contributed by atoms with E-state index >= 15 is 0 Å². The van der Waals surface area contributed by atoms with Crippen LogP contribution in [0.15, 0.2) is 60.9 Å². The van der Waals surface area contributed by atoms with Gasteiger partial charge in [0.1, 0.15) is 5.75 Å². The van der Waals surface area contributed by atoms with Crippen molar-refractivity contribution < 1.29 is 32.5 Å². The standard InChI is InChI=1S/C33H39F3N4O4/c1-23-3-4-24(16-31(23)41)15-29-20-38(9-10-39-13-14-44-30(21-39)22-43-2)11-12-40(29)32(42)27-17-26(25-5-7-37-8-6-25)18-28(19-27)33(34,35)36/h3-8,16-19,29-30,41H,9-15,20-22H2,1-2H3/t29-,30+/m1/s1. The molecule has 0 bridgehead atoms. The van der Waals surface area contributed by atoms with Crippen LogP contribution in [0, 0.1) is 6.92 Å². The van der Waals surface area contributed by atoms with Crippen molar-refractivity contribution >= 4 is 5.91 Å². The van der Waals surface area contributed by atoms with Crippen molar-refractivity contribution in [3.05, 3.63) is 83.2 Å². The molecule has 0 radical (unpaired) electrons. The van der Waals surface area contributed by atoms with Gasteiger partial charge >= 0.3 is 6.18 Å². The van der Waals surface area contributed by atoms with Crippen molar-refractivity contribution in [3.8, 4) is 16.9 Å². The molecule has 1 amide bonds. The second kappa shape index (κ2) is 14.1. The van der Waals surface area contributed by atoms with E-state index < -0.39 is 17.6 Å². The summed E-state index contributed by atoms with van der Waals surface area (Å²) in [5, 5.41) is 10.3. The van der Waals surface area contributed by atoms with E-state index in [1.54, 1.807) is 30.2 Å². The maximum absolute atomic E-state index is 14.0. The molecule has 8 nitrogen and oxygen atoms in total. The summed E-state index contributed by atoms with van der Waals surface area (Å²) in [5.74, 6) is -0.270. The Balaban J connectivity index is 1.38. The quantitative estimate of drug-likeness (QED) is 0.382. The molecule has 5 rings (SSSR count). The molecule has 0 saturated carbocycles. The number of aryl methyl sites for hydroxylation is 1. The minimum atomic E-state index is -4.61. The van der Waals surface area contributed by atoms with E-state index in [2.05, 4.69) is 14.8 Å². The summed E-state index contributed by atoms with van der Waals surface area (Å²) in [4.78, 5) is 24.4. The molecule has 11 heteroatoms. The van der Waals surface area contributed by atoms with Crippen LogP contribution in [-0.4, -0.2) is 109 Å². The predicted molar refractivity (Wildman–Crippen MR) is 161 cm³/mol. The number of nitrogens with zero attached hydrogens (tertiary/aromatic N) is 4. The molecule has 2 fully saturated rings. The smallest absolute Gasteiger partial charge is 0.416 e. The zero-order valence-corrected chi connectivity index (χ0v) is 25.1. The lowest BCUT2D eigenvalue weighted by Gasteiger charge is -2.43. The first-order chi connectivity index (χ1) is 21.1. The van der Waals surface area contributed by atoms with Crippen LogP contribution in [0.25, 0.3) is 11.1 Å². The first-order valence-electron chi connectivity index (χ1n) is 14.9. The van der Waals surface area contributed by atoms with Gasteiger partial charge in [0.05, 0.1) is 24.9 Å². The number of ether oxygens (including phenoxy) is 2. The van der Waals surface area contributed by atoms with Crippen molar-refractivity contribution in [1.82, 2.24) is 19.7 Å². The molecule has 236 valence electrons. The Morgan fingerprint density at radius 1 is 1.00 bits per heavy atom. The largest absolute Gasteiger partial charge is 0.508 e. The Bertz CT molecular complexity index is 1420. The fourth-order valence-electron chi connectivity index (χ4n) is 5.96. The van der Waals surface area contributed by atoms with Crippen molar-refractivity contribution in [1.29, 1.82) is 0 Å². The Morgan fingerprint density at radius 3 is 2.45 bits per heavy atom. The maximum atomic E-state index is 14.0. The van der Waals surface area contributed by atoms with Gasteiger partial charge in [-0.25, -0.2) is 0 Å². The highest BCUT2D eigenvalue weighted by Gasteiger charge is 2.35. The van der Waals surface area contributed by atoms with Gasteiger partial charge in [-0.1, -0.05) is 12.1 Å². The summed E-state index contributed by atoms with van der Waals surface area (Å²) < 4.78 is 53.0. The molecular formula is C33H39F3N4O4. The van der Waals surface area contributed by atoms with E-state index in [0.717, 1.165) is 49.4 Å². The molecule has 2 atom stereocenters. The number of methoxy groups -OCH3 is 1. The van der Waals surface area contributed by atoms with Gasteiger partial charge in [0.2, 0.25) is 0 Å². The van der Waals surface area contributed by atoms with Crippen LogP contribution in [0.3, 0.4) is 0 Å². The highest BCUT2D eigenvalue weighted by Crippen LogP contribution is 2.34. The highest BCUT2D eigenvalue weighted by molar-refractivity contribution is 5.96. The lowest BCUT2D eigenvalue weighted by atomic mass is 9.97. The number of carbonyl (C=O) groups excluding carboxylic acids is 1. The third-order valence-corrected chi connectivity index (χ3v) is 8.40. The number of carbonyl (C=O) groups is 1. The Labute approximate surface area is 256 Å². The number of rotatable bonds is 9. The third-order valence-electron chi connectivity index (χ3n) is 8.40. The van der Waals surface area contributed by atoms with Crippen LogP contribution in [-0.2, 0) is 22.1 Å². The number of hydrogen-bond donors (Lipinski definition) is 1. The minimum absolute atomic E-state index is 0.00524. The number of phenols is 1. The molecule has 0 unspecified atom stereocenters. The van der Waals surface area contributed by atoms with Crippen LogP contribution in [0.1, 0.15) is 27.0 Å². The number of morpholine rings is 1. The number of halogens is 3. The number of aromatic hydroxyl groups is 1. The molecule has 2 aliphatic heterocycles. The summed E-state index contributed by atoms with van der Waals surface area (Å²) in [7, 11) is 1.66. The van der Waals surface area contributed by atoms with E-state index in [0.29, 0.717) is 50.4 Å². The van der Waals surface area contributed by atoms with E-state index in [-0.39, 0.29) is 23.5 Å². The van der Waals surface area contributed by atoms with Gasteiger partial charge in [-0.05, 0) is 72.0 Å². The first-order valence-corrected chi connectivity index (χ1v) is 14.9. The third kappa shape index (κ3) is 7.95. The van der Waals surface area contributed by atoms with Gasteiger partial charge in [-0.3, -0.25) is 19.6 Å². The summed E-state index contributed by atoms with van der Waals surface area (Å²) in [6.45, 7) is 7.77. The van der Waals surface area contributed by atoms with E-state index in [1.807, 2.05) is 19.1 Å². The molecule has 0 aliphatic carbocycles.